The van der Waals surface area contributed by atoms with E-state index in [1.165, 1.54) is 0 Å². The van der Waals surface area contributed by atoms with Crippen molar-refractivity contribution in [3.05, 3.63) is 12.3 Å². The van der Waals surface area contributed by atoms with Gasteiger partial charge in [-0.15, -0.1) is 0 Å². The van der Waals surface area contributed by atoms with Crippen molar-refractivity contribution in [1.29, 1.82) is 0 Å². The molecule has 90 valence electrons. The Labute approximate surface area is 92.4 Å². The second kappa shape index (κ2) is 6.85. The van der Waals surface area contributed by atoms with Crippen LogP contribution in [0.25, 0.3) is 0 Å². The number of hydrogen-bond acceptors (Lipinski definition) is 3. The molecule has 0 bridgehead atoms. The molecule has 2 atom stereocenters. The number of aliphatic hydroxyl groups excluding tert-OH is 2. The van der Waals surface area contributed by atoms with Crippen LogP contribution in [-0.2, 0) is 0 Å². The van der Waals surface area contributed by atoms with E-state index in [2.05, 4.69) is 6.58 Å². The normalized spacial score (nSPS) is 17.1. The third-order valence-electron chi connectivity index (χ3n) is 2.75. The van der Waals surface area contributed by atoms with Crippen molar-refractivity contribution in [2.45, 2.75) is 64.1 Å². The first-order valence-electron chi connectivity index (χ1n) is 5.67. The van der Waals surface area contributed by atoms with Crippen LogP contribution in [0.2, 0.25) is 0 Å². The molecule has 0 aliphatic heterocycles. The molecule has 3 heteroatoms. The molecule has 0 aliphatic rings. The molecule has 0 aromatic carbocycles. The first kappa shape index (κ1) is 14.5. The van der Waals surface area contributed by atoms with E-state index in [1.807, 2.05) is 6.92 Å². The summed E-state index contributed by atoms with van der Waals surface area (Å²) >= 11 is 0. The summed E-state index contributed by atoms with van der Waals surface area (Å²) in [5.74, 6) is 0.218. The van der Waals surface area contributed by atoms with Crippen molar-refractivity contribution in [1.82, 2.24) is 0 Å². The monoisotopic (exact) mass is 216 g/mol. The summed E-state index contributed by atoms with van der Waals surface area (Å²) in [5, 5.41) is 28.3. The van der Waals surface area contributed by atoms with E-state index in [0.29, 0.717) is 19.3 Å². The average molecular weight is 216 g/mol. The van der Waals surface area contributed by atoms with Gasteiger partial charge in [-0.25, -0.2) is 0 Å². The maximum Gasteiger partial charge on any atom is 0.0877 e. The lowest BCUT2D eigenvalue weighted by Gasteiger charge is -2.28. The summed E-state index contributed by atoms with van der Waals surface area (Å²) in [4.78, 5) is 0. The molecule has 3 N–H and O–H groups in total. The molecule has 0 heterocycles. The molecular formula is C12H24O3. The Balaban J connectivity index is 3.61. The van der Waals surface area contributed by atoms with Crippen molar-refractivity contribution in [2.24, 2.45) is 0 Å². The van der Waals surface area contributed by atoms with Gasteiger partial charge in [0.05, 0.1) is 17.5 Å². The highest BCUT2D eigenvalue weighted by Crippen LogP contribution is 2.21. The van der Waals surface area contributed by atoms with Crippen molar-refractivity contribution >= 4 is 0 Å². The smallest absolute Gasteiger partial charge is 0.0877 e. The number of unbranched alkanes of at least 4 members (excludes halogenated alkanes) is 2. The Bertz CT molecular complexity index is 187. The van der Waals surface area contributed by atoms with E-state index in [9.17, 15) is 10.2 Å². The summed E-state index contributed by atoms with van der Waals surface area (Å²) in [6.45, 7) is 6.94. The fraction of sp³-hybridized carbons (Fsp3) is 0.833. The van der Waals surface area contributed by atoms with Crippen LogP contribution in [0.4, 0.5) is 0 Å². The highest BCUT2D eigenvalue weighted by atomic mass is 16.3. The van der Waals surface area contributed by atoms with Gasteiger partial charge < -0.3 is 15.3 Å². The zero-order valence-electron chi connectivity index (χ0n) is 9.87. The maximum absolute atomic E-state index is 9.87. The summed E-state index contributed by atoms with van der Waals surface area (Å²) in [6, 6.07) is 0. The zero-order valence-corrected chi connectivity index (χ0v) is 9.87. The number of allylic oxidation sites excluding steroid dienone is 1. The molecule has 15 heavy (non-hydrogen) atoms. The molecule has 0 aromatic rings. The van der Waals surface area contributed by atoms with Crippen LogP contribution in [0.5, 0.6) is 0 Å². The van der Waals surface area contributed by atoms with E-state index in [1.54, 1.807) is 6.92 Å². The molecule has 0 unspecified atom stereocenters. The van der Waals surface area contributed by atoms with Crippen LogP contribution >= 0.6 is 0 Å². The molecule has 0 saturated heterocycles. The van der Waals surface area contributed by atoms with E-state index in [4.69, 9.17) is 5.11 Å². The van der Waals surface area contributed by atoms with Gasteiger partial charge in [-0.3, -0.25) is 0 Å². The van der Waals surface area contributed by atoms with Gasteiger partial charge in [0.25, 0.3) is 0 Å². The second-order valence-electron chi connectivity index (χ2n) is 4.41. The lowest BCUT2D eigenvalue weighted by molar-refractivity contribution is -0.0692. The topological polar surface area (TPSA) is 60.7 Å². The summed E-state index contributed by atoms with van der Waals surface area (Å²) < 4.78 is 0. The summed E-state index contributed by atoms with van der Waals surface area (Å²) in [7, 11) is 0. The lowest BCUT2D eigenvalue weighted by Crippen LogP contribution is -2.38. The van der Waals surface area contributed by atoms with Gasteiger partial charge in [-0.1, -0.05) is 26.3 Å². The summed E-state index contributed by atoms with van der Waals surface area (Å²) in [6.07, 6.45) is 3.82. The molecule has 0 aliphatic carbocycles. The van der Waals surface area contributed by atoms with Crippen LogP contribution in [0.3, 0.4) is 0 Å². The third-order valence-corrected chi connectivity index (χ3v) is 2.75. The van der Waals surface area contributed by atoms with Crippen LogP contribution in [-0.4, -0.2) is 27.0 Å². The van der Waals surface area contributed by atoms with Gasteiger partial charge in [0, 0.05) is 6.42 Å². The number of aliphatic hydroxyl groups is 3. The first-order valence-corrected chi connectivity index (χ1v) is 5.67. The highest BCUT2D eigenvalue weighted by Gasteiger charge is 2.27. The van der Waals surface area contributed by atoms with E-state index >= 15 is 0 Å². The van der Waals surface area contributed by atoms with Crippen molar-refractivity contribution < 1.29 is 15.3 Å². The van der Waals surface area contributed by atoms with Crippen LogP contribution < -0.4 is 0 Å². The van der Waals surface area contributed by atoms with E-state index in [0.717, 1.165) is 19.3 Å². The minimum Gasteiger partial charge on any atom is -0.513 e. The van der Waals surface area contributed by atoms with Gasteiger partial charge >= 0.3 is 0 Å². The Hall–Kier alpha value is -0.540. The largest absolute Gasteiger partial charge is 0.513 e. The maximum atomic E-state index is 9.87. The molecule has 0 rings (SSSR count). The number of hydrogen-bond donors (Lipinski definition) is 3. The molecule has 0 spiro atoms. The van der Waals surface area contributed by atoms with Gasteiger partial charge in [0.1, 0.15) is 0 Å². The van der Waals surface area contributed by atoms with Crippen molar-refractivity contribution in [2.75, 3.05) is 0 Å². The van der Waals surface area contributed by atoms with Gasteiger partial charge in [-0.2, -0.15) is 0 Å². The standard InChI is InChI=1S/C12H24O3/c1-4-11(14)12(3,15)9-7-5-6-8-10(2)13/h11,13-15H,2,4-9H2,1,3H3/t11-,12+/m0/s1. The fourth-order valence-electron chi connectivity index (χ4n) is 1.60. The van der Waals surface area contributed by atoms with Crippen LogP contribution in [0.1, 0.15) is 52.4 Å². The Kier molecular flexibility index (Phi) is 6.61. The van der Waals surface area contributed by atoms with E-state index in [-0.39, 0.29) is 5.76 Å². The fourth-order valence-corrected chi connectivity index (χ4v) is 1.60. The summed E-state index contributed by atoms with van der Waals surface area (Å²) in [5.41, 5.74) is -0.981. The molecule has 3 nitrogen and oxygen atoms in total. The zero-order chi connectivity index (χ0) is 11.9. The predicted octanol–water partition coefficient (Wildman–Crippen LogP) is 2.53. The van der Waals surface area contributed by atoms with Crippen molar-refractivity contribution in [3.8, 4) is 0 Å². The first-order chi connectivity index (χ1) is 6.90. The van der Waals surface area contributed by atoms with Gasteiger partial charge in [-0.05, 0) is 26.2 Å². The quantitative estimate of drug-likeness (QED) is 0.431. The Morgan fingerprint density at radius 2 is 1.93 bits per heavy atom. The Morgan fingerprint density at radius 3 is 2.40 bits per heavy atom. The minimum absolute atomic E-state index is 0.218. The third kappa shape index (κ3) is 6.52. The number of rotatable bonds is 8. The SMILES string of the molecule is C=C(O)CCCCC[C@@](C)(O)[C@@H](O)CC. The molecule has 0 fully saturated rings. The average Bonchev–Trinajstić information content (AvgIpc) is 2.15. The predicted molar refractivity (Wildman–Crippen MR) is 61.8 cm³/mol. The molecule has 0 aromatic heterocycles. The minimum atomic E-state index is -0.981. The highest BCUT2D eigenvalue weighted by molar-refractivity contribution is 4.81. The molecule has 0 saturated carbocycles. The van der Waals surface area contributed by atoms with E-state index < -0.39 is 11.7 Å². The van der Waals surface area contributed by atoms with Crippen LogP contribution in [0.15, 0.2) is 12.3 Å². The van der Waals surface area contributed by atoms with Gasteiger partial charge in [0.2, 0.25) is 0 Å². The molecule has 0 radical (unpaired) electrons. The second-order valence-corrected chi connectivity index (χ2v) is 4.41. The van der Waals surface area contributed by atoms with Crippen LogP contribution in [0, 0.1) is 0 Å². The van der Waals surface area contributed by atoms with Gasteiger partial charge in [0.15, 0.2) is 0 Å². The lowest BCUT2D eigenvalue weighted by atomic mass is 9.90. The molecule has 0 amide bonds. The van der Waals surface area contributed by atoms with Crippen molar-refractivity contribution in [3.63, 3.8) is 0 Å². The Morgan fingerprint density at radius 1 is 1.33 bits per heavy atom. The molecular weight excluding hydrogens is 192 g/mol.